The zero-order valence-electron chi connectivity index (χ0n) is 17.8. The van der Waals surface area contributed by atoms with Gasteiger partial charge in [-0.25, -0.2) is 0 Å². The molecule has 0 aliphatic carbocycles. The Labute approximate surface area is 178 Å². The fourth-order valence-electron chi connectivity index (χ4n) is 2.74. The van der Waals surface area contributed by atoms with Gasteiger partial charge < -0.3 is 20.7 Å². The van der Waals surface area contributed by atoms with Gasteiger partial charge in [0.1, 0.15) is 12.4 Å². The summed E-state index contributed by atoms with van der Waals surface area (Å²) in [7, 11) is 0. The van der Waals surface area contributed by atoms with Crippen LogP contribution in [0.15, 0.2) is 60.7 Å². The Morgan fingerprint density at radius 1 is 0.967 bits per heavy atom. The number of unbranched alkanes of at least 4 members (excludes halogenated alkanes) is 2. The average molecular weight is 410 g/mol. The molecule has 0 aromatic heterocycles. The fraction of sp³-hybridized carbons (Fsp3) is 0.333. The molecule has 30 heavy (non-hydrogen) atoms. The highest BCUT2D eigenvalue weighted by atomic mass is 16.5. The van der Waals surface area contributed by atoms with Crippen LogP contribution in [0, 0.1) is 0 Å². The molecule has 0 aliphatic rings. The molecule has 160 valence electrons. The van der Waals surface area contributed by atoms with Crippen LogP contribution in [0.5, 0.6) is 5.75 Å². The second-order valence-electron chi connectivity index (χ2n) is 7.23. The standard InChI is InChI=1S/C24H31N3O3/c1-4-5-6-14-23(28)26-20-11-9-10-19(15-20)25-16-24(29)27-21-12-7-8-13-22(21)30-17-18(2)3/h7-13,15,25H,2,4-6,14,16-17H2,1,3H3,(H,26,28)(H,27,29). The summed E-state index contributed by atoms with van der Waals surface area (Å²) in [5, 5.41) is 8.83. The smallest absolute Gasteiger partial charge is 0.243 e. The highest BCUT2D eigenvalue weighted by molar-refractivity contribution is 5.95. The van der Waals surface area contributed by atoms with Crippen molar-refractivity contribution >= 4 is 28.9 Å². The Hall–Kier alpha value is -3.28. The second kappa shape index (κ2) is 12.3. The molecule has 0 bridgehead atoms. The monoisotopic (exact) mass is 409 g/mol. The van der Waals surface area contributed by atoms with Gasteiger partial charge in [-0.15, -0.1) is 0 Å². The Morgan fingerprint density at radius 2 is 1.73 bits per heavy atom. The first-order valence-electron chi connectivity index (χ1n) is 10.3. The van der Waals surface area contributed by atoms with Crippen molar-refractivity contribution in [2.24, 2.45) is 0 Å². The van der Waals surface area contributed by atoms with Crippen LogP contribution in [0.2, 0.25) is 0 Å². The highest BCUT2D eigenvalue weighted by Gasteiger charge is 2.08. The van der Waals surface area contributed by atoms with Gasteiger partial charge >= 0.3 is 0 Å². The molecule has 6 nitrogen and oxygen atoms in total. The molecule has 2 rings (SSSR count). The molecule has 6 heteroatoms. The van der Waals surface area contributed by atoms with Crippen molar-refractivity contribution < 1.29 is 14.3 Å². The Morgan fingerprint density at radius 3 is 2.50 bits per heavy atom. The van der Waals surface area contributed by atoms with Gasteiger partial charge in [0, 0.05) is 17.8 Å². The molecular weight excluding hydrogens is 378 g/mol. The van der Waals surface area contributed by atoms with E-state index in [0.717, 1.165) is 30.5 Å². The molecule has 0 aliphatic heterocycles. The molecule has 0 atom stereocenters. The third-order valence-electron chi connectivity index (χ3n) is 4.24. The molecule has 0 spiro atoms. The summed E-state index contributed by atoms with van der Waals surface area (Å²) in [6.45, 7) is 8.29. The van der Waals surface area contributed by atoms with Crippen LogP contribution in [0.4, 0.5) is 17.1 Å². The van der Waals surface area contributed by atoms with Crippen molar-refractivity contribution in [2.75, 3.05) is 29.1 Å². The predicted octanol–water partition coefficient (Wildman–Crippen LogP) is 5.21. The summed E-state index contributed by atoms with van der Waals surface area (Å²) in [4.78, 5) is 24.4. The second-order valence-corrected chi connectivity index (χ2v) is 7.23. The average Bonchev–Trinajstić information content (AvgIpc) is 2.72. The predicted molar refractivity (Wildman–Crippen MR) is 123 cm³/mol. The molecule has 3 N–H and O–H groups in total. The molecule has 0 heterocycles. The lowest BCUT2D eigenvalue weighted by molar-refractivity contribution is -0.116. The molecule has 2 aromatic rings. The number of para-hydroxylation sites is 2. The van der Waals surface area contributed by atoms with Crippen LogP contribution in [0.25, 0.3) is 0 Å². The van der Waals surface area contributed by atoms with E-state index < -0.39 is 0 Å². The van der Waals surface area contributed by atoms with E-state index in [1.807, 2.05) is 43.3 Å². The maximum absolute atomic E-state index is 12.4. The molecular formula is C24H31N3O3. The number of hydrogen-bond donors (Lipinski definition) is 3. The van der Waals surface area contributed by atoms with Crippen molar-refractivity contribution in [1.82, 2.24) is 0 Å². The number of ether oxygens (including phenoxy) is 1. The number of nitrogens with one attached hydrogen (secondary N) is 3. The Balaban J connectivity index is 1.86. The number of carbonyl (C=O) groups is 2. The topological polar surface area (TPSA) is 79.5 Å². The van der Waals surface area contributed by atoms with Crippen molar-refractivity contribution in [3.8, 4) is 5.75 Å². The lowest BCUT2D eigenvalue weighted by Crippen LogP contribution is -2.22. The molecule has 0 saturated heterocycles. The fourth-order valence-corrected chi connectivity index (χ4v) is 2.74. The summed E-state index contributed by atoms with van der Waals surface area (Å²) in [5.41, 5.74) is 2.97. The van der Waals surface area contributed by atoms with Gasteiger partial charge in [-0.2, -0.15) is 0 Å². The molecule has 0 radical (unpaired) electrons. The molecule has 0 saturated carbocycles. The first-order valence-corrected chi connectivity index (χ1v) is 10.3. The number of hydrogen-bond acceptors (Lipinski definition) is 4. The van der Waals surface area contributed by atoms with Gasteiger partial charge in [-0.05, 0) is 49.2 Å². The molecule has 2 aromatic carbocycles. The minimum absolute atomic E-state index is 0.00436. The molecule has 2 amide bonds. The highest BCUT2D eigenvalue weighted by Crippen LogP contribution is 2.24. The van der Waals surface area contributed by atoms with Crippen LogP contribution >= 0.6 is 0 Å². The Bertz CT molecular complexity index is 864. The van der Waals surface area contributed by atoms with E-state index in [0.29, 0.717) is 30.2 Å². The molecule has 0 unspecified atom stereocenters. The lowest BCUT2D eigenvalue weighted by atomic mass is 10.2. The lowest BCUT2D eigenvalue weighted by Gasteiger charge is -2.13. The van der Waals surface area contributed by atoms with Gasteiger partial charge in [-0.3, -0.25) is 9.59 Å². The number of amides is 2. The minimum atomic E-state index is -0.199. The van der Waals surface area contributed by atoms with Crippen molar-refractivity contribution in [2.45, 2.75) is 39.5 Å². The van der Waals surface area contributed by atoms with Crippen LogP contribution in [-0.4, -0.2) is 25.0 Å². The maximum atomic E-state index is 12.4. The summed E-state index contributed by atoms with van der Waals surface area (Å²) >= 11 is 0. The zero-order chi connectivity index (χ0) is 21.8. The SMILES string of the molecule is C=C(C)COc1ccccc1NC(=O)CNc1cccc(NC(=O)CCCCC)c1. The zero-order valence-corrected chi connectivity index (χ0v) is 17.8. The number of carbonyl (C=O) groups excluding carboxylic acids is 2. The maximum Gasteiger partial charge on any atom is 0.243 e. The van der Waals surface area contributed by atoms with E-state index in [9.17, 15) is 9.59 Å². The number of benzene rings is 2. The first kappa shape index (κ1) is 23.0. The van der Waals surface area contributed by atoms with Crippen LogP contribution < -0.4 is 20.7 Å². The Kier molecular flexibility index (Phi) is 9.45. The van der Waals surface area contributed by atoms with E-state index in [2.05, 4.69) is 29.5 Å². The van der Waals surface area contributed by atoms with Gasteiger partial charge in [0.2, 0.25) is 11.8 Å². The third-order valence-corrected chi connectivity index (χ3v) is 4.24. The van der Waals surface area contributed by atoms with Gasteiger partial charge in [0.25, 0.3) is 0 Å². The number of rotatable bonds is 12. The van der Waals surface area contributed by atoms with E-state index in [4.69, 9.17) is 4.74 Å². The van der Waals surface area contributed by atoms with Crippen molar-refractivity contribution in [3.63, 3.8) is 0 Å². The molecule has 0 fully saturated rings. The van der Waals surface area contributed by atoms with Crippen molar-refractivity contribution in [3.05, 3.63) is 60.7 Å². The minimum Gasteiger partial charge on any atom is -0.487 e. The van der Waals surface area contributed by atoms with Crippen LogP contribution in [0.1, 0.15) is 39.5 Å². The quantitative estimate of drug-likeness (QED) is 0.332. The van der Waals surface area contributed by atoms with E-state index in [1.54, 1.807) is 12.1 Å². The first-order chi connectivity index (χ1) is 14.5. The van der Waals surface area contributed by atoms with Crippen LogP contribution in [0.3, 0.4) is 0 Å². The van der Waals surface area contributed by atoms with E-state index in [1.165, 1.54) is 0 Å². The van der Waals surface area contributed by atoms with E-state index >= 15 is 0 Å². The number of anilines is 3. The van der Waals surface area contributed by atoms with Crippen molar-refractivity contribution in [1.29, 1.82) is 0 Å². The van der Waals surface area contributed by atoms with Crippen LogP contribution in [-0.2, 0) is 9.59 Å². The normalized spacial score (nSPS) is 10.2. The van der Waals surface area contributed by atoms with Gasteiger partial charge in [0.15, 0.2) is 0 Å². The summed E-state index contributed by atoms with van der Waals surface area (Å²) in [6.07, 6.45) is 3.53. The summed E-state index contributed by atoms with van der Waals surface area (Å²) in [5.74, 6) is 0.404. The largest absolute Gasteiger partial charge is 0.487 e. The summed E-state index contributed by atoms with van der Waals surface area (Å²) < 4.78 is 5.68. The van der Waals surface area contributed by atoms with Gasteiger partial charge in [0.05, 0.1) is 12.2 Å². The third kappa shape index (κ3) is 8.39. The summed E-state index contributed by atoms with van der Waals surface area (Å²) in [6, 6.07) is 14.6. The van der Waals surface area contributed by atoms with Gasteiger partial charge in [-0.1, -0.05) is 44.5 Å². The van der Waals surface area contributed by atoms with E-state index in [-0.39, 0.29) is 18.4 Å².